The zero-order chi connectivity index (χ0) is 22.1. The fourth-order valence-corrected chi connectivity index (χ4v) is 4.16. The summed E-state index contributed by atoms with van der Waals surface area (Å²) < 4.78 is 18.8. The summed E-state index contributed by atoms with van der Waals surface area (Å²) in [6, 6.07) is 6.74. The van der Waals surface area contributed by atoms with E-state index in [1.165, 1.54) is 18.2 Å². The molecule has 7 nitrogen and oxygen atoms in total. The lowest BCUT2D eigenvalue weighted by molar-refractivity contribution is 0.0917. The lowest BCUT2D eigenvalue weighted by Gasteiger charge is -2.18. The minimum atomic E-state index is -0.485. The predicted octanol–water partition coefficient (Wildman–Crippen LogP) is 4.84. The van der Waals surface area contributed by atoms with Crippen molar-refractivity contribution in [3.05, 3.63) is 63.9 Å². The lowest BCUT2D eigenvalue weighted by Crippen LogP contribution is -2.31. The van der Waals surface area contributed by atoms with Crippen molar-refractivity contribution < 1.29 is 18.5 Å². The Hall–Kier alpha value is -3.07. The molecule has 1 fully saturated rings. The second kappa shape index (κ2) is 8.58. The van der Waals surface area contributed by atoms with Crippen LogP contribution in [0.4, 0.5) is 9.39 Å². The molecule has 31 heavy (non-hydrogen) atoms. The average Bonchev–Trinajstić information content (AvgIpc) is 3.34. The number of carbonyl (C=O) groups is 2. The molecule has 3 aromatic rings. The number of aromatic nitrogens is 2. The van der Waals surface area contributed by atoms with Gasteiger partial charge in [-0.3, -0.25) is 9.59 Å². The Balaban J connectivity index is 1.47. The summed E-state index contributed by atoms with van der Waals surface area (Å²) in [7, 11) is 0. The number of aryl methyl sites for hydroxylation is 1. The van der Waals surface area contributed by atoms with E-state index in [1.807, 2.05) is 13.8 Å². The van der Waals surface area contributed by atoms with Gasteiger partial charge in [0, 0.05) is 11.5 Å². The van der Waals surface area contributed by atoms with E-state index in [9.17, 15) is 14.0 Å². The molecule has 1 aliphatic carbocycles. The van der Waals surface area contributed by atoms with Crippen LogP contribution in [0.25, 0.3) is 0 Å². The Bertz CT molecular complexity index is 1120. The third kappa shape index (κ3) is 4.82. The Kier molecular flexibility index (Phi) is 5.86. The van der Waals surface area contributed by atoms with Crippen molar-refractivity contribution in [3.8, 4) is 0 Å². The maximum absolute atomic E-state index is 13.4. The van der Waals surface area contributed by atoms with E-state index < -0.39 is 17.8 Å². The monoisotopic (exact) mass is 442 g/mol. The van der Waals surface area contributed by atoms with Crippen LogP contribution in [0.15, 0.2) is 34.9 Å². The number of hydrogen-bond donors (Lipinski definition) is 2. The molecule has 1 atom stereocenters. The van der Waals surface area contributed by atoms with Crippen molar-refractivity contribution >= 4 is 28.2 Å². The molecule has 0 spiro atoms. The number of hydrogen-bond acceptors (Lipinski definition) is 6. The van der Waals surface area contributed by atoms with Crippen molar-refractivity contribution in [1.82, 2.24) is 15.5 Å². The number of amides is 2. The van der Waals surface area contributed by atoms with Gasteiger partial charge in [-0.25, -0.2) is 4.39 Å². The zero-order valence-corrected chi connectivity index (χ0v) is 18.3. The van der Waals surface area contributed by atoms with Gasteiger partial charge in [0.25, 0.3) is 11.8 Å². The summed E-state index contributed by atoms with van der Waals surface area (Å²) in [4.78, 5) is 30.3. The molecule has 1 unspecified atom stereocenters. The van der Waals surface area contributed by atoms with Gasteiger partial charge in [0.05, 0.1) is 9.88 Å². The van der Waals surface area contributed by atoms with Gasteiger partial charge in [0.1, 0.15) is 11.9 Å². The first kappa shape index (κ1) is 21.2. The fourth-order valence-electron chi connectivity index (χ4n) is 3.18. The van der Waals surface area contributed by atoms with Crippen molar-refractivity contribution in [2.75, 3.05) is 5.32 Å². The van der Waals surface area contributed by atoms with Gasteiger partial charge < -0.3 is 15.2 Å². The summed E-state index contributed by atoms with van der Waals surface area (Å²) in [6.45, 7) is 5.74. The molecule has 2 amide bonds. The van der Waals surface area contributed by atoms with Crippen LogP contribution in [0.1, 0.15) is 76.0 Å². The van der Waals surface area contributed by atoms with E-state index in [1.54, 1.807) is 13.0 Å². The van der Waals surface area contributed by atoms with Crippen LogP contribution in [0.3, 0.4) is 0 Å². The molecule has 0 radical (unpaired) electrons. The number of halogens is 1. The predicted molar refractivity (Wildman–Crippen MR) is 115 cm³/mol. The highest BCUT2D eigenvalue weighted by Gasteiger charge is 2.32. The van der Waals surface area contributed by atoms with Gasteiger partial charge in [0.2, 0.25) is 5.89 Å². The smallest absolute Gasteiger partial charge is 0.262 e. The minimum Gasteiger partial charge on any atom is -0.339 e. The fraction of sp³-hybridized carbons (Fsp3) is 0.364. The van der Waals surface area contributed by atoms with E-state index in [2.05, 4.69) is 20.8 Å². The normalized spacial score (nSPS) is 14.5. The SMILES string of the molecule is Cc1cc(NC(=O)c2cccc(F)c2)sc1C(=O)NC(c1nc(C2CC2)no1)C(C)C. The Morgan fingerprint density at radius 3 is 2.68 bits per heavy atom. The second-order valence-electron chi connectivity index (χ2n) is 8.05. The molecular formula is C22H23FN4O3S. The third-order valence-electron chi connectivity index (χ3n) is 5.07. The molecule has 0 saturated heterocycles. The Morgan fingerprint density at radius 1 is 1.23 bits per heavy atom. The van der Waals surface area contributed by atoms with E-state index in [0.29, 0.717) is 27.5 Å². The first-order valence-electron chi connectivity index (χ1n) is 10.1. The lowest BCUT2D eigenvalue weighted by atomic mass is 10.0. The summed E-state index contributed by atoms with van der Waals surface area (Å²) >= 11 is 1.16. The number of thiophene rings is 1. The van der Waals surface area contributed by atoms with Gasteiger partial charge in [-0.1, -0.05) is 25.1 Å². The number of rotatable bonds is 7. The molecule has 0 aliphatic heterocycles. The van der Waals surface area contributed by atoms with Gasteiger partial charge in [-0.05, 0) is 55.5 Å². The van der Waals surface area contributed by atoms with Crippen LogP contribution in [0.2, 0.25) is 0 Å². The molecule has 1 aliphatic rings. The van der Waals surface area contributed by atoms with Crippen LogP contribution < -0.4 is 10.6 Å². The van der Waals surface area contributed by atoms with Gasteiger partial charge in [-0.15, -0.1) is 11.3 Å². The van der Waals surface area contributed by atoms with Crippen LogP contribution in [0, 0.1) is 18.7 Å². The number of nitrogens with one attached hydrogen (secondary N) is 2. The molecular weight excluding hydrogens is 419 g/mol. The van der Waals surface area contributed by atoms with Gasteiger partial charge in [-0.2, -0.15) is 4.98 Å². The Morgan fingerprint density at radius 2 is 2.00 bits per heavy atom. The second-order valence-corrected chi connectivity index (χ2v) is 9.10. The minimum absolute atomic E-state index is 0.0453. The quantitative estimate of drug-likeness (QED) is 0.546. The van der Waals surface area contributed by atoms with E-state index in [4.69, 9.17) is 4.52 Å². The topological polar surface area (TPSA) is 97.1 Å². The first-order valence-corrected chi connectivity index (χ1v) is 10.9. The molecule has 0 bridgehead atoms. The maximum atomic E-state index is 13.4. The molecule has 1 aromatic carbocycles. The molecule has 162 valence electrons. The van der Waals surface area contributed by atoms with Crippen molar-refractivity contribution in [2.45, 2.75) is 45.6 Å². The van der Waals surface area contributed by atoms with Crippen LogP contribution >= 0.6 is 11.3 Å². The van der Waals surface area contributed by atoms with Gasteiger partial charge in [0.15, 0.2) is 5.82 Å². The summed E-state index contributed by atoms with van der Waals surface area (Å²) in [5.41, 5.74) is 0.934. The highest BCUT2D eigenvalue weighted by atomic mass is 32.1. The summed E-state index contributed by atoms with van der Waals surface area (Å²) in [6.07, 6.45) is 2.13. The zero-order valence-electron chi connectivity index (χ0n) is 17.4. The highest BCUT2D eigenvalue weighted by molar-refractivity contribution is 7.18. The molecule has 4 rings (SSSR count). The summed E-state index contributed by atoms with van der Waals surface area (Å²) in [5.74, 6) is 0.308. The molecule has 2 heterocycles. The molecule has 1 saturated carbocycles. The van der Waals surface area contributed by atoms with E-state index in [0.717, 1.165) is 35.8 Å². The molecule has 2 aromatic heterocycles. The third-order valence-corrected chi connectivity index (χ3v) is 6.22. The number of carbonyl (C=O) groups excluding carboxylic acids is 2. The van der Waals surface area contributed by atoms with Crippen molar-refractivity contribution in [1.29, 1.82) is 0 Å². The van der Waals surface area contributed by atoms with Crippen molar-refractivity contribution in [3.63, 3.8) is 0 Å². The summed E-state index contributed by atoms with van der Waals surface area (Å²) in [5, 5.41) is 10.3. The Labute approximate surface area is 183 Å². The molecule has 9 heteroatoms. The van der Waals surface area contributed by atoms with E-state index >= 15 is 0 Å². The van der Waals surface area contributed by atoms with Crippen LogP contribution in [-0.4, -0.2) is 22.0 Å². The van der Waals surface area contributed by atoms with Crippen LogP contribution in [-0.2, 0) is 0 Å². The van der Waals surface area contributed by atoms with Crippen molar-refractivity contribution in [2.24, 2.45) is 5.92 Å². The van der Waals surface area contributed by atoms with Gasteiger partial charge >= 0.3 is 0 Å². The largest absolute Gasteiger partial charge is 0.339 e. The highest BCUT2D eigenvalue weighted by Crippen LogP contribution is 2.39. The maximum Gasteiger partial charge on any atom is 0.262 e. The van der Waals surface area contributed by atoms with Crippen LogP contribution in [0.5, 0.6) is 0 Å². The first-order chi connectivity index (χ1) is 14.8. The number of nitrogens with zero attached hydrogens (tertiary/aromatic N) is 2. The standard InChI is InChI=1S/C22H23FN4O3S/c1-11(2)17(22-26-19(27-30-22)13-7-8-13)25-21(29)18-12(3)9-16(31-18)24-20(28)14-5-4-6-15(23)10-14/h4-6,9-11,13,17H,7-8H2,1-3H3,(H,24,28)(H,25,29). The average molecular weight is 443 g/mol. The van der Waals surface area contributed by atoms with E-state index in [-0.39, 0.29) is 17.4 Å². The number of anilines is 1. The molecule has 2 N–H and O–H groups in total. The number of benzene rings is 1.